The molecule has 0 amide bonds. The molecule has 13 heteroatoms. The van der Waals surface area contributed by atoms with Gasteiger partial charge in [-0.15, -0.1) is 0 Å². The average Bonchev–Trinajstić information content (AvgIpc) is 3.56. The summed E-state index contributed by atoms with van der Waals surface area (Å²) in [6.45, 7) is 6.86. The molecule has 0 bridgehead atoms. The summed E-state index contributed by atoms with van der Waals surface area (Å²) >= 11 is 1.55. The first kappa shape index (κ1) is 24.2. The lowest BCUT2D eigenvalue weighted by Gasteiger charge is -2.32. The number of benzene rings is 1. The van der Waals surface area contributed by atoms with Crippen molar-refractivity contribution < 1.29 is 13.2 Å². The summed E-state index contributed by atoms with van der Waals surface area (Å²) in [6, 6.07) is 10.2. The van der Waals surface area contributed by atoms with Crippen molar-refractivity contribution in [2.75, 3.05) is 68.5 Å². The fourth-order valence-corrected chi connectivity index (χ4v) is 6.52. The number of nitrogens with zero attached hydrogens (tertiary/aromatic N) is 8. The average molecular weight is 541 g/mol. The molecule has 0 spiro atoms. The fraction of sp³-hybridized carbons (Fsp3) is 0.417. The summed E-state index contributed by atoms with van der Waals surface area (Å²) in [4.78, 5) is 18.9. The third-order valence-corrected chi connectivity index (χ3v) is 9.01. The maximum absolute atomic E-state index is 11.9. The Hall–Kier alpha value is -3.13. The van der Waals surface area contributed by atoms with Crippen molar-refractivity contribution in [3.05, 3.63) is 42.1 Å². The first-order chi connectivity index (χ1) is 17.8. The Balaban J connectivity index is 1.37. The predicted octanol–water partition coefficient (Wildman–Crippen LogP) is 2.17. The number of ether oxygens (including phenoxy) is 1. The SMILES string of the molecule is Cc1cccc(-c2ccn(-c3nc(N4CCOCC4)c4sc(N5CCN(S(C)(=O)=O)CC5)nc4n3)n2)c1. The highest BCUT2D eigenvalue weighted by molar-refractivity contribution is 7.88. The first-order valence-electron chi connectivity index (χ1n) is 12.2. The van der Waals surface area contributed by atoms with Crippen LogP contribution in [0.5, 0.6) is 0 Å². The Morgan fingerprint density at radius 2 is 1.73 bits per heavy atom. The minimum atomic E-state index is -3.20. The Labute approximate surface area is 219 Å². The van der Waals surface area contributed by atoms with Crippen LogP contribution in [0.25, 0.3) is 27.6 Å². The lowest BCUT2D eigenvalue weighted by atomic mass is 10.1. The molecular formula is C24H28N8O3S2. The molecule has 0 unspecified atom stereocenters. The zero-order valence-electron chi connectivity index (χ0n) is 20.7. The molecule has 0 atom stereocenters. The summed E-state index contributed by atoms with van der Waals surface area (Å²) < 4.78 is 33.5. The summed E-state index contributed by atoms with van der Waals surface area (Å²) in [6.07, 6.45) is 3.13. The number of anilines is 2. The van der Waals surface area contributed by atoms with Crippen LogP contribution in [0, 0.1) is 6.92 Å². The van der Waals surface area contributed by atoms with Gasteiger partial charge in [-0.05, 0) is 19.1 Å². The van der Waals surface area contributed by atoms with E-state index in [1.54, 1.807) is 16.0 Å². The third kappa shape index (κ3) is 4.91. The minimum Gasteiger partial charge on any atom is -0.378 e. The summed E-state index contributed by atoms with van der Waals surface area (Å²) in [5.74, 6) is 1.29. The number of aromatic nitrogens is 5. The molecule has 2 fully saturated rings. The normalized spacial score (nSPS) is 17.6. The number of hydrogen-bond acceptors (Lipinski definition) is 10. The smallest absolute Gasteiger partial charge is 0.254 e. The quantitative estimate of drug-likeness (QED) is 0.376. The van der Waals surface area contributed by atoms with Crippen LogP contribution in [-0.4, -0.2) is 96.2 Å². The second-order valence-corrected chi connectivity index (χ2v) is 12.2. The number of sulfonamides is 1. The number of morpholine rings is 1. The van der Waals surface area contributed by atoms with Crippen LogP contribution in [0.1, 0.15) is 5.56 Å². The minimum absolute atomic E-state index is 0.442. The molecule has 1 aromatic carbocycles. The van der Waals surface area contributed by atoms with Crippen molar-refractivity contribution in [3.8, 4) is 17.2 Å². The number of thiazole rings is 1. The molecule has 2 saturated heterocycles. The van der Waals surface area contributed by atoms with Crippen molar-refractivity contribution in [3.63, 3.8) is 0 Å². The van der Waals surface area contributed by atoms with E-state index in [9.17, 15) is 8.42 Å². The van der Waals surface area contributed by atoms with Crippen LogP contribution in [0.2, 0.25) is 0 Å². The molecule has 3 aromatic heterocycles. The molecule has 0 aliphatic carbocycles. The van der Waals surface area contributed by atoms with Gasteiger partial charge >= 0.3 is 0 Å². The molecule has 0 radical (unpaired) electrons. The molecule has 4 aromatic rings. The van der Waals surface area contributed by atoms with Gasteiger partial charge < -0.3 is 14.5 Å². The van der Waals surface area contributed by atoms with Crippen molar-refractivity contribution >= 4 is 42.7 Å². The third-order valence-electron chi connectivity index (χ3n) is 6.61. The fourth-order valence-electron chi connectivity index (χ4n) is 4.62. The number of rotatable bonds is 5. The zero-order valence-corrected chi connectivity index (χ0v) is 22.4. The van der Waals surface area contributed by atoms with E-state index < -0.39 is 10.0 Å². The van der Waals surface area contributed by atoms with Gasteiger partial charge in [-0.2, -0.15) is 24.4 Å². The largest absolute Gasteiger partial charge is 0.378 e. The van der Waals surface area contributed by atoms with Gasteiger partial charge in [0, 0.05) is 51.0 Å². The molecule has 0 saturated carbocycles. The van der Waals surface area contributed by atoms with Gasteiger partial charge in [0.15, 0.2) is 16.6 Å². The van der Waals surface area contributed by atoms with Crippen LogP contribution in [0.15, 0.2) is 36.5 Å². The highest BCUT2D eigenvalue weighted by Gasteiger charge is 2.27. The van der Waals surface area contributed by atoms with Gasteiger partial charge in [0.1, 0.15) is 4.70 Å². The molecule has 2 aliphatic heterocycles. The lowest BCUT2D eigenvalue weighted by Crippen LogP contribution is -2.48. The van der Waals surface area contributed by atoms with Crippen LogP contribution >= 0.6 is 11.3 Å². The molecular weight excluding hydrogens is 512 g/mol. The second-order valence-electron chi connectivity index (χ2n) is 9.26. The molecule has 11 nitrogen and oxygen atoms in total. The second kappa shape index (κ2) is 9.63. The summed E-state index contributed by atoms with van der Waals surface area (Å²) in [5, 5.41) is 5.59. The van der Waals surface area contributed by atoms with Crippen molar-refractivity contribution in [1.29, 1.82) is 0 Å². The molecule has 5 heterocycles. The van der Waals surface area contributed by atoms with Gasteiger partial charge in [-0.25, -0.2) is 13.1 Å². The Bertz CT molecular complexity index is 1540. The molecule has 37 heavy (non-hydrogen) atoms. The van der Waals surface area contributed by atoms with E-state index in [0.717, 1.165) is 40.0 Å². The van der Waals surface area contributed by atoms with Crippen molar-refractivity contribution in [2.24, 2.45) is 0 Å². The number of aryl methyl sites for hydroxylation is 1. The van der Waals surface area contributed by atoms with E-state index >= 15 is 0 Å². The Morgan fingerprint density at radius 3 is 2.46 bits per heavy atom. The molecule has 0 N–H and O–H groups in total. The van der Waals surface area contributed by atoms with E-state index in [2.05, 4.69) is 28.9 Å². The van der Waals surface area contributed by atoms with E-state index in [0.29, 0.717) is 51.0 Å². The lowest BCUT2D eigenvalue weighted by molar-refractivity contribution is 0.122. The van der Waals surface area contributed by atoms with E-state index in [4.69, 9.17) is 24.8 Å². The first-order valence-corrected chi connectivity index (χ1v) is 14.9. The van der Waals surface area contributed by atoms with Gasteiger partial charge in [0.2, 0.25) is 10.0 Å². The Kier molecular flexibility index (Phi) is 6.31. The van der Waals surface area contributed by atoms with Crippen molar-refractivity contribution in [1.82, 2.24) is 29.0 Å². The summed E-state index contributed by atoms with van der Waals surface area (Å²) in [7, 11) is -3.20. The zero-order chi connectivity index (χ0) is 25.6. The molecule has 194 valence electrons. The number of piperazine rings is 1. The van der Waals surface area contributed by atoms with Gasteiger partial charge in [-0.3, -0.25) is 0 Å². The Morgan fingerprint density at radius 1 is 0.946 bits per heavy atom. The van der Waals surface area contributed by atoms with Crippen molar-refractivity contribution in [2.45, 2.75) is 6.92 Å². The van der Waals surface area contributed by atoms with Crippen LogP contribution in [0.3, 0.4) is 0 Å². The highest BCUT2D eigenvalue weighted by Crippen LogP contribution is 2.35. The monoisotopic (exact) mass is 540 g/mol. The maximum atomic E-state index is 11.9. The predicted molar refractivity (Wildman–Crippen MR) is 144 cm³/mol. The maximum Gasteiger partial charge on any atom is 0.254 e. The number of fused-ring (bicyclic) bond motifs is 1. The topological polar surface area (TPSA) is 110 Å². The molecule has 2 aliphatic rings. The van der Waals surface area contributed by atoms with Crippen LogP contribution < -0.4 is 9.80 Å². The van der Waals surface area contributed by atoms with Gasteiger partial charge in [0.05, 0.1) is 25.2 Å². The van der Waals surface area contributed by atoms with Gasteiger partial charge in [-0.1, -0.05) is 35.1 Å². The standard InChI is InChI=1S/C24H28N8O3S2/c1-17-4-3-5-18(16-17)19-6-7-32(28-19)23-25-21-20(22(27-23)29-12-14-35-15-13-29)36-24(26-21)30-8-10-31(11-9-30)37(2,33)34/h3-7,16H,8-15H2,1-2H3. The van der Waals surface area contributed by atoms with Crippen LogP contribution in [0.4, 0.5) is 10.9 Å². The highest BCUT2D eigenvalue weighted by atomic mass is 32.2. The molecule has 6 rings (SSSR count). The van der Waals surface area contributed by atoms with E-state index in [1.165, 1.54) is 16.1 Å². The van der Waals surface area contributed by atoms with E-state index in [-0.39, 0.29) is 0 Å². The summed E-state index contributed by atoms with van der Waals surface area (Å²) in [5.41, 5.74) is 3.68. The van der Waals surface area contributed by atoms with Gasteiger partial charge in [0.25, 0.3) is 5.95 Å². The van der Waals surface area contributed by atoms with Crippen LogP contribution in [-0.2, 0) is 14.8 Å². The van der Waals surface area contributed by atoms with E-state index in [1.807, 2.05) is 24.4 Å². The number of hydrogen-bond donors (Lipinski definition) is 0.